The summed E-state index contributed by atoms with van der Waals surface area (Å²) in [6.07, 6.45) is 2.73. The van der Waals surface area contributed by atoms with Crippen molar-refractivity contribution in [1.82, 2.24) is 14.9 Å². The number of hydrogen-bond donors (Lipinski definition) is 1. The van der Waals surface area contributed by atoms with Gasteiger partial charge in [0.05, 0.1) is 26.9 Å². The van der Waals surface area contributed by atoms with Gasteiger partial charge >= 0.3 is 0 Å². The van der Waals surface area contributed by atoms with E-state index in [9.17, 15) is 4.79 Å². The molecule has 0 bridgehead atoms. The molecule has 0 radical (unpaired) electrons. The Morgan fingerprint density at radius 2 is 1.55 bits per heavy atom. The Balaban J connectivity index is 2.36. The van der Waals surface area contributed by atoms with Crippen molar-refractivity contribution in [3.8, 4) is 17.2 Å². The van der Waals surface area contributed by atoms with Gasteiger partial charge in [0, 0.05) is 12.1 Å². The van der Waals surface area contributed by atoms with Crippen LogP contribution in [0.15, 0.2) is 24.8 Å². The molecule has 1 heterocycles. The highest BCUT2D eigenvalue weighted by Crippen LogP contribution is 2.34. The second-order valence-electron chi connectivity index (χ2n) is 3.72. The first kappa shape index (κ1) is 13.7. The van der Waals surface area contributed by atoms with Gasteiger partial charge in [-0.25, -0.2) is 4.68 Å². The minimum absolute atomic E-state index is 0.304. The first-order valence-electron chi connectivity index (χ1n) is 5.65. The highest BCUT2D eigenvalue weighted by Gasteiger charge is 2.17. The van der Waals surface area contributed by atoms with Crippen molar-refractivity contribution in [3.63, 3.8) is 0 Å². The molecule has 0 aliphatic heterocycles. The third-order valence-electron chi connectivity index (χ3n) is 2.60. The van der Waals surface area contributed by atoms with Crippen LogP contribution in [0.4, 0.5) is 0 Å². The van der Waals surface area contributed by atoms with Crippen molar-refractivity contribution in [1.29, 1.82) is 0 Å². The zero-order valence-electron chi connectivity index (χ0n) is 11.3. The first-order valence-corrected chi connectivity index (χ1v) is 5.65. The molecule has 0 aliphatic rings. The lowest BCUT2D eigenvalue weighted by atomic mass is 10.1. The van der Waals surface area contributed by atoms with Crippen LogP contribution in [-0.2, 0) is 0 Å². The van der Waals surface area contributed by atoms with Gasteiger partial charge in [0.25, 0.3) is 5.91 Å². The van der Waals surface area contributed by atoms with E-state index in [0.717, 1.165) is 0 Å². The molecule has 0 unspecified atom stereocenters. The molecule has 0 saturated carbocycles. The maximum absolute atomic E-state index is 12.2. The fourth-order valence-corrected chi connectivity index (χ4v) is 1.64. The lowest BCUT2D eigenvalue weighted by molar-refractivity contribution is 0.100. The normalized spacial score (nSPS) is 9.95. The molecule has 20 heavy (non-hydrogen) atoms. The number of carbonyl (C=O) groups excluding carboxylic acids is 1. The maximum Gasteiger partial charge on any atom is 0.274 e. The van der Waals surface area contributed by atoms with Crippen molar-refractivity contribution in [3.05, 3.63) is 30.4 Å². The third kappa shape index (κ3) is 2.63. The molecule has 106 valence electrons. The number of rotatable bonds is 5. The van der Waals surface area contributed by atoms with E-state index in [2.05, 4.69) is 15.6 Å². The highest BCUT2D eigenvalue weighted by atomic mass is 16.5. The van der Waals surface area contributed by atoms with Crippen LogP contribution in [-0.4, -0.2) is 42.1 Å². The van der Waals surface area contributed by atoms with Crippen molar-refractivity contribution < 1.29 is 19.0 Å². The van der Waals surface area contributed by atoms with E-state index in [1.54, 1.807) is 6.07 Å². The van der Waals surface area contributed by atoms with Gasteiger partial charge < -0.3 is 14.2 Å². The Kier molecular flexibility index (Phi) is 4.04. The SMILES string of the molecule is COc1cc(OC)c(C(=O)Nn2cnnc2)cc1OC. The summed E-state index contributed by atoms with van der Waals surface area (Å²) in [7, 11) is 4.47. The van der Waals surface area contributed by atoms with Gasteiger partial charge in [0.1, 0.15) is 18.4 Å². The zero-order valence-corrected chi connectivity index (χ0v) is 11.3. The summed E-state index contributed by atoms with van der Waals surface area (Å²) in [5.41, 5.74) is 2.88. The van der Waals surface area contributed by atoms with Gasteiger partial charge in [-0.05, 0) is 0 Å². The molecular weight excluding hydrogens is 264 g/mol. The van der Waals surface area contributed by atoms with Crippen LogP contribution in [0.5, 0.6) is 17.2 Å². The third-order valence-corrected chi connectivity index (χ3v) is 2.60. The molecule has 0 fully saturated rings. The second-order valence-corrected chi connectivity index (χ2v) is 3.72. The number of hydrogen-bond acceptors (Lipinski definition) is 6. The molecule has 2 aromatic rings. The summed E-state index contributed by atoms with van der Waals surface area (Å²) in [5, 5.41) is 7.19. The average molecular weight is 278 g/mol. The molecule has 0 aliphatic carbocycles. The number of nitrogens with one attached hydrogen (secondary N) is 1. The Morgan fingerprint density at radius 1 is 1.00 bits per heavy atom. The molecular formula is C12H14N4O4. The summed E-state index contributed by atoms with van der Waals surface area (Å²) < 4.78 is 16.8. The maximum atomic E-state index is 12.2. The van der Waals surface area contributed by atoms with Gasteiger partial charge in [-0.2, -0.15) is 0 Å². The lowest BCUT2D eigenvalue weighted by Crippen LogP contribution is -2.22. The molecule has 8 nitrogen and oxygen atoms in total. The summed E-state index contributed by atoms with van der Waals surface area (Å²) in [5.74, 6) is 0.892. The highest BCUT2D eigenvalue weighted by molar-refractivity contribution is 6.02. The predicted octanol–water partition coefficient (Wildman–Crippen LogP) is 0.688. The Bertz CT molecular complexity index is 598. The van der Waals surface area contributed by atoms with Gasteiger partial charge in [0.2, 0.25) is 0 Å². The molecule has 0 saturated heterocycles. The van der Waals surface area contributed by atoms with E-state index in [-0.39, 0.29) is 5.91 Å². The van der Waals surface area contributed by atoms with Crippen LogP contribution in [0.3, 0.4) is 0 Å². The van der Waals surface area contributed by atoms with Crippen LogP contribution in [0, 0.1) is 0 Å². The van der Waals surface area contributed by atoms with Crippen LogP contribution < -0.4 is 19.6 Å². The van der Waals surface area contributed by atoms with Crippen LogP contribution >= 0.6 is 0 Å². The van der Waals surface area contributed by atoms with Crippen LogP contribution in [0.25, 0.3) is 0 Å². The summed E-state index contributed by atoms with van der Waals surface area (Å²) in [4.78, 5) is 12.2. The average Bonchev–Trinajstić information content (AvgIpc) is 2.98. The largest absolute Gasteiger partial charge is 0.496 e. The van der Waals surface area contributed by atoms with Gasteiger partial charge in [-0.1, -0.05) is 0 Å². The van der Waals surface area contributed by atoms with Crippen molar-refractivity contribution in [2.24, 2.45) is 0 Å². The number of ether oxygens (including phenoxy) is 3. The minimum atomic E-state index is -0.386. The van der Waals surface area contributed by atoms with E-state index in [1.165, 1.54) is 44.7 Å². The fourth-order valence-electron chi connectivity index (χ4n) is 1.64. The number of benzene rings is 1. The van der Waals surface area contributed by atoms with E-state index < -0.39 is 0 Å². The van der Waals surface area contributed by atoms with E-state index in [0.29, 0.717) is 22.8 Å². The summed E-state index contributed by atoms with van der Waals surface area (Å²) in [6, 6.07) is 3.12. The predicted molar refractivity (Wildman–Crippen MR) is 69.8 cm³/mol. The number of aromatic nitrogens is 3. The quantitative estimate of drug-likeness (QED) is 0.865. The van der Waals surface area contributed by atoms with E-state index >= 15 is 0 Å². The summed E-state index contributed by atoms with van der Waals surface area (Å²) >= 11 is 0. The second kappa shape index (κ2) is 5.91. The molecule has 1 aromatic heterocycles. The number of amides is 1. The standard InChI is InChI=1S/C12H14N4O4/c1-18-9-5-11(20-3)10(19-2)4-8(9)12(17)15-16-6-13-14-7-16/h4-7H,1-3H3,(H,15,17). The molecule has 1 amide bonds. The molecule has 2 rings (SSSR count). The lowest BCUT2D eigenvalue weighted by Gasteiger charge is -2.13. The summed E-state index contributed by atoms with van der Waals surface area (Å²) in [6.45, 7) is 0. The first-order chi connectivity index (χ1) is 9.69. The molecule has 0 spiro atoms. The topological polar surface area (TPSA) is 87.5 Å². The molecule has 0 atom stereocenters. The fraction of sp³-hybridized carbons (Fsp3) is 0.250. The van der Waals surface area contributed by atoms with Crippen molar-refractivity contribution >= 4 is 5.91 Å². The Hall–Kier alpha value is -2.77. The Morgan fingerprint density at radius 3 is 2.10 bits per heavy atom. The van der Waals surface area contributed by atoms with Gasteiger partial charge in [-0.15, -0.1) is 10.2 Å². The van der Waals surface area contributed by atoms with Gasteiger partial charge in [-0.3, -0.25) is 10.2 Å². The van der Waals surface area contributed by atoms with Crippen LogP contribution in [0.2, 0.25) is 0 Å². The van der Waals surface area contributed by atoms with Crippen molar-refractivity contribution in [2.75, 3.05) is 26.8 Å². The Labute approximate surface area is 115 Å². The number of nitrogens with zero attached hydrogens (tertiary/aromatic N) is 3. The minimum Gasteiger partial charge on any atom is -0.496 e. The van der Waals surface area contributed by atoms with Crippen LogP contribution in [0.1, 0.15) is 10.4 Å². The molecule has 1 aromatic carbocycles. The number of carbonyl (C=O) groups is 1. The molecule has 8 heteroatoms. The molecule has 1 N–H and O–H groups in total. The smallest absolute Gasteiger partial charge is 0.274 e. The zero-order chi connectivity index (χ0) is 14.5. The van der Waals surface area contributed by atoms with Crippen molar-refractivity contribution in [2.45, 2.75) is 0 Å². The monoisotopic (exact) mass is 278 g/mol. The van der Waals surface area contributed by atoms with Gasteiger partial charge in [0.15, 0.2) is 11.5 Å². The van der Waals surface area contributed by atoms with E-state index in [4.69, 9.17) is 14.2 Å². The number of methoxy groups -OCH3 is 3. The van der Waals surface area contributed by atoms with E-state index in [1.807, 2.05) is 0 Å².